The second kappa shape index (κ2) is 14.4. The average Bonchev–Trinajstić information content (AvgIpc) is 3.21. The van der Waals surface area contributed by atoms with Crippen LogP contribution in [0.5, 0.6) is 0 Å². The molecule has 0 aliphatic carbocycles. The van der Waals surface area contributed by atoms with Gasteiger partial charge in [0.1, 0.15) is 0 Å². The highest BCUT2D eigenvalue weighted by atomic mass is 14.8. The van der Waals surface area contributed by atoms with Gasteiger partial charge in [0.2, 0.25) is 0 Å². The third kappa shape index (κ3) is 6.57. The van der Waals surface area contributed by atoms with Crippen LogP contribution in [0.4, 0.5) is 0 Å². The number of pyridine rings is 1. The lowest BCUT2D eigenvalue weighted by molar-refractivity contribution is 1.29. The maximum atomic E-state index is 9.56. The van der Waals surface area contributed by atoms with Gasteiger partial charge in [-0.05, 0) is 58.7 Å². The topological polar surface area (TPSA) is 62.5 Å². The maximum absolute atomic E-state index is 9.56. The Bertz CT molecular complexity index is 2450. The first-order chi connectivity index (χ1) is 24.7. The molecular formula is C46H32N4. The van der Waals surface area contributed by atoms with Gasteiger partial charge in [-0.1, -0.05) is 133 Å². The highest BCUT2D eigenvalue weighted by molar-refractivity contribution is 5.87. The Balaban J connectivity index is 0.00000193. The third-order valence-electron chi connectivity index (χ3n) is 8.51. The first-order valence-electron chi connectivity index (χ1n) is 16.3. The Kier molecular flexibility index (Phi) is 9.13. The van der Waals surface area contributed by atoms with Crippen LogP contribution in [0, 0.1) is 11.3 Å². The van der Waals surface area contributed by atoms with Crippen molar-refractivity contribution in [2.75, 3.05) is 0 Å². The van der Waals surface area contributed by atoms with Crippen molar-refractivity contribution in [3.63, 3.8) is 0 Å². The van der Waals surface area contributed by atoms with Crippen LogP contribution in [0.15, 0.2) is 183 Å². The zero-order valence-corrected chi connectivity index (χ0v) is 27.4. The van der Waals surface area contributed by atoms with E-state index in [1.165, 1.54) is 11.1 Å². The molecule has 6 aromatic carbocycles. The molecule has 8 aromatic rings. The largest absolute Gasteiger partial charge is 0.248 e. The van der Waals surface area contributed by atoms with Gasteiger partial charge in [0.15, 0.2) is 0 Å². The van der Waals surface area contributed by atoms with E-state index in [2.05, 4.69) is 116 Å². The molecule has 0 amide bonds. The Morgan fingerprint density at radius 2 is 0.780 bits per heavy atom. The Morgan fingerprint density at radius 1 is 0.360 bits per heavy atom. The molecule has 0 N–H and O–H groups in total. The highest BCUT2D eigenvalue weighted by Gasteiger charge is 2.15. The van der Waals surface area contributed by atoms with E-state index in [-0.39, 0.29) is 0 Å². The second-order valence-electron chi connectivity index (χ2n) is 11.6. The molecule has 0 aliphatic rings. The number of fused-ring (bicyclic) bond motifs is 1. The van der Waals surface area contributed by atoms with Gasteiger partial charge in [-0.2, -0.15) is 5.26 Å². The summed E-state index contributed by atoms with van der Waals surface area (Å²) in [7, 11) is 0. The van der Waals surface area contributed by atoms with Crippen molar-refractivity contribution in [2.24, 2.45) is 0 Å². The number of rotatable bonds is 6. The Labute approximate surface area is 292 Å². The minimum Gasteiger partial charge on any atom is -0.248 e. The van der Waals surface area contributed by atoms with Gasteiger partial charge in [-0.3, -0.25) is 0 Å². The molecule has 4 nitrogen and oxygen atoms in total. The molecular weight excluding hydrogens is 609 g/mol. The van der Waals surface area contributed by atoms with E-state index in [1.807, 2.05) is 66.7 Å². The number of benzene rings is 6. The van der Waals surface area contributed by atoms with E-state index in [4.69, 9.17) is 15.0 Å². The lowest BCUT2D eigenvalue weighted by atomic mass is 9.97. The lowest BCUT2D eigenvalue weighted by Gasteiger charge is -2.13. The first kappa shape index (κ1) is 31.6. The summed E-state index contributed by atoms with van der Waals surface area (Å²) >= 11 is 0. The summed E-state index contributed by atoms with van der Waals surface area (Å²) in [5.41, 5.74) is 14.0. The first-order valence-corrected chi connectivity index (χ1v) is 16.3. The fourth-order valence-corrected chi connectivity index (χ4v) is 6.03. The molecule has 2 heterocycles. The van der Waals surface area contributed by atoms with Crippen LogP contribution >= 0.6 is 0 Å². The molecule has 0 aliphatic heterocycles. The van der Waals surface area contributed by atoms with E-state index in [0.717, 1.165) is 67.2 Å². The summed E-state index contributed by atoms with van der Waals surface area (Å²) in [5, 5.41) is 9.56. The van der Waals surface area contributed by atoms with Crippen molar-refractivity contribution < 1.29 is 0 Å². The van der Waals surface area contributed by atoms with Crippen LogP contribution in [-0.2, 0) is 0 Å². The van der Waals surface area contributed by atoms with Crippen molar-refractivity contribution in [1.29, 1.82) is 5.26 Å². The summed E-state index contributed by atoms with van der Waals surface area (Å²) in [6.07, 6.45) is 0. The molecule has 2 aromatic heterocycles. The van der Waals surface area contributed by atoms with Crippen LogP contribution < -0.4 is 0 Å². The minimum atomic E-state index is 0.582. The monoisotopic (exact) mass is 640 g/mol. The van der Waals surface area contributed by atoms with Gasteiger partial charge >= 0.3 is 0 Å². The van der Waals surface area contributed by atoms with Gasteiger partial charge < -0.3 is 0 Å². The molecule has 4 heteroatoms. The number of aromatic nitrogens is 3. The third-order valence-corrected chi connectivity index (χ3v) is 8.51. The summed E-state index contributed by atoms with van der Waals surface area (Å²) in [6.45, 7) is 6.00. The normalized spacial score (nSPS) is 10.5. The van der Waals surface area contributed by atoms with E-state index in [0.29, 0.717) is 5.56 Å². The van der Waals surface area contributed by atoms with E-state index in [1.54, 1.807) is 6.07 Å². The number of nitrogens with zero attached hydrogens (tertiary/aromatic N) is 4. The van der Waals surface area contributed by atoms with Crippen molar-refractivity contribution in [1.82, 2.24) is 15.0 Å². The van der Waals surface area contributed by atoms with Crippen molar-refractivity contribution in [3.05, 3.63) is 189 Å². The SMILES string of the molecule is C=C.N#Cc1cccc(-c2nc3ccccc3nc2-c2ccc(-c3cc(-c4ccc(-c5ccccc5)cc4)cc(-c4ccccc4)n3)cc2)c1. The summed E-state index contributed by atoms with van der Waals surface area (Å²) < 4.78 is 0. The zero-order chi connectivity index (χ0) is 34.3. The van der Waals surface area contributed by atoms with Crippen LogP contribution in [0.1, 0.15) is 5.56 Å². The molecule has 236 valence electrons. The molecule has 8 rings (SSSR count). The van der Waals surface area contributed by atoms with Gasteiger partial charge in [0.05, 0.1) is 45.4 Å². The Hall–Kier alpha value is -6.96. The van der Waals surface area contributed by atoms with Crippen LogP contribution in [0.25, 0.3) is 78.3 Å². The molecule has 50 heavy (non-hydrogen) atoms. The fraction of sp³-hybridized carbons (Fsp3) is 0. The molecule has 0 fully saturated rings. The van der Waals surface area contributed by atoms with Gasteiger partial charge in [-0.25, -0.2) is 15.0 Å². The zero-order valence-electron chi connectivity index (χ0n) is 27.4. The van der Waals surface area contributed by atoms with Crippen LogP contribution in [-0.4, -0.2) is 15.0 Å². The predicted molar refractivity (Wildman–Crippen MR) is 206 cm³/mol. The van der Waals surface area contributed by atoms with Gasteiger partial charge in [0, 0.05) is 22.3 Å². The standard InChI is InChI=1S/C44H28N4.C2H4/c45-29-30-10-9-15-37(26-30)44-43(47-39-16-7-8-17-40(39)48-44)36-24-22-35(23-25-36)42-28-38(27-41(46-42)34-13-5-2-6-14-34)33-20-18-32(19-21-33)31-11-3-1-4-12-31;1-2/h1-28H;1-2H2. The molecule has 0 atom stereocenters. The van der Waals surface area contributed by atoms with Crippen LogP contribution in [0.3, 0.4) is 0 Å². The highest BCUT2D eigenvalue weighted by Crippen LogP contribution is 2.35. The van der Waals surface area contributed by atoms with Crippen molar-refractivity contribution in [2.45, 2.75) is 0 Å². The number of hydrogen-bond donors (Lipinski definition) is 0. The maximum Gasteiger partial charge on any atom is 0.0991 e. The molecule has 0 spiro atoms. The Morgan fingerprint density at radius 3 is 1.36 bits per heavy atom. The number of para-hydroxylation sites is 2. The quantitative estimate of drug-likeness (QED) is 0.170. The average molecular weight is 641 g/mol. The smallest absolute Gasteiger partial charge is 0.0991 e. The fourth-order valence-electron chi connectivity index (χ4n) is 6.03. The number of hydrogen-bond acceptors (Lipinski definition) is 4. The summed E-state index contributed by atoms with van der Waals surface area (Å²) in [4.78, 5) is 15.2. The number of nitriles is 1. The predicted octanol–water partition coefficient (Wildman–Crippen LogP) is 11.7. The summed E-state index contributed by atoms with van der Waals surface area (Å²) in [6, 6.07) is 59.8. The lowest BCUT2D eigenvalue weighted by Crippen LogP contribution is -1.96. The van der Waals surface area contributed by atoms with E-state index in [9.17, 15) is 5.26 Å². The second-order valence-corrected chi connectivity index (χ2v) is 11.6. The van der Waals surface area contributed by atoms with Gasteiger partial charge in [-0.15, -0.1) is 13.2 Å². The van der Waals surface area contributed by atoms with Crippen LogP contribution in [0.2, 0.25) is 0 Å². The molecule has 0 radical (unpaired) electrons. The van der Waals surface area contributed by atoms with Crippen molar-refractivity contribution >= 4 is 11.0 Å². The van der Waals surface area contributed by atoms with E-state index >= 15 is 0 Å². The van der Waals surface area contributed by atoms with Crippen molar-refractivity contribution in [3.8, 4) is 73.4 Å². The molecule has 0 saturated heterocycles. The minimum absolute atomic E-state index is 0.582. The molecule has 0 bridgehead atoms. The summed E-state index contributed by atoms with van der Waals surface area (Å²) in [5.74, 6) is 0. The molecule has 0 saturated carbocycles. The van der Waals surface area contributed by atoms with Gasteiger partial charge in [0.25, 0.3) is 0 Å². The van der Waals surface area contributed by atoms with E-state index < -0.39 is 0 Å². The molecule has 0 unspecified atom stereocenters.